The van der Waals surface area contributed by atoms with Gasteiger partial charge in [-0.2, -0.15) is 53.2 Å². The van der Waals surface area contributed by atoms with Crippen LogP contribution in [0.25, 0.3) is 174 Å². The Balaban J connectivity index is 0.000000274. The summed E-state index contributed by atoms with van der Waals surface area (Å²) >= 11 is 0. The van der Waals surface area contributed by atoms with Crippen molar-refractivity contribution in [1.82, 2.24) is 0 Å². The van der Waals surface area contributed by atoms with Crippen molar-refractivity contribution in [3.63, 3.8) is 0 Å². The smallest absolute Gasteiger partial charge is 0 e. The Bertz CT molecular complexity index is 7370. The van der Waals surface area contributed by atoms with Crippen LogP contribution < -0.4 is 0 Å². The van der Waals surface area contributed by atoms with E-state index in [1.54, 1.807) is 0 Å². The summed E-state index contributed by atoms with van der Waals surface area (Å²) in [7, 11) is 0. The average molecular weight is 2350 g/mol. The van der Waals surface area contributed by atoms with Crippen LogP contribution in [0.5, 0.6) is 0 Å². The molecule has 0 aliphatic heterocycles. The number of rotatable bonds is 8. The van der Waals surface area contributed by atoms with Gasteiger partial charge in [0.2, 0.25) is 0 Å². The van der Waals surface area contributed by atoms with Crippen molar-refractivity contribution < 1.29 is 262 Å². The number of hydrogen-bond acceptors (Lipinski definition) is 0. The van der Waals surface area contributed by atoms with Gasteiger partial charge in [0.25, 0.3) is 0 Å². The van der Waals surface area contributed by atoms with E-state index in [2.05, 4.69) is 425 Å². The molecule has 0 aliphatic rings. The van der Waals surface area contributed by atoms with Crippen LogP contribution in [0.15, 0.2) is 340 Å². The van der Waals surface area contributed by atoms with E-state index < -0.39 is 0 Å². The van der Waals surface area contributed by atoms with Crippen LogP contribution >= 0.6 is 0 Å². The second-order valence-electron chi connectivity index (χ2n) is 31.5. The zero-order chi connectivity index (χ0) is 90.0. The second-order valence-corrected chi connectivity index (χ2v) is 31.5. The number of fused-ring (bicyclic) bond motifs is 12. The van der Waals surface area contributed by atoms with E-state index >= 15 is 0 Å². The van der Waals surface area contributed by atoms with Crippen LogP contribution in [0.1, 0.15) is 155 Å². The van der Waals surface area contributed by atoms with Gasteiger partial charge in [0, 0.05) is 262 Å². The number of allylic oxidation sites excluding steroid dienone is 16. The Morgan fingerprint density at radius 3 is 0.890 bits per heavy atom. The zero-order valence-electron chi connectivity index (χ0n) is 81.0. The molecule has 8 heteroatoms. The molecule has 0 aromatic heterocycles. The van der Waals surface area contributed by atoms with Crippen molar-refractivity contribution in [2.75, 3.05) is 0 Å². The molecule has 20 rings (SSSR count). The van der Waals surface area contributed by atoms with Crippen LogP contribution in [0.3, 0.4) is 0 Å². The minimum atomic E-state index is 0. The van der Waals surface area contributed by atoms with Crippen molar-refractivity contribution in [1.29, 1.82) is 0 Å². The van der Waals surface area contributed by atoms with Crippen LogP contribution in [0, 0.1) is 97.1 Å². The van der Waals surface area contributed by atoms with Gasteiger partial charge in [0.15, 0.2) is 0 Å². The van der Waals surface area contributed by atoms with Crippen molar-refractivity contribution in [2.45, 2.75) is 111 Å². The normalized spacial score (nSPS) is 11.4. The van der Waals surface area contributed by atoms with Crippen molar-refractivity contribution in [3.05, 3.63) is 481 Å². The Kier molecular flexibility index (Phi) is 54.4. The molecule has 0 saturated carbocycles. The van der Waals surface area contributed by atoms with Crippen LogP contribution in [-0.4, -0.2) is 0 Å². The minimum absolute atomic E-state index is 0. The van der Waals surface area contributed by atoms with Gasteiger partial charge in [0.05, 0.1) is 0 Å². The van der Waals surface area contributed by atoms with Crippen LogP contribution in [0.4, 0.5) is 0 Å². The summed E-state index contributed by atoms with van der Waals surface area (Å²) in [6.45, 7) is 32.0. The second kappa shape index (κ2) is 61.3. The molecule has 0 atom stereocenters. The molecule has 0 heterocycles. The first kappa shape index (κ1) is 121. The molecule has 0 bridgehead atoms. The van der Waals surface area contributed by atoms with Gasteiger partial charge in [-0.1, -0.05) is 210 Å². The van der Waals surface area contributed by atoms with Crippen molar-refractivity contribution >= 4 is 174 Å². The SMILES string of the molecule is C[C-]=C(C)c1[c-]c2cc3ccccc3cc2cc1.C[C-]=C(C)c1[c-]c2ccccc2cc1.C[C-]=C(C)c1[c-]cc2cc3cc4ccccc4cc3cc2c1.C[C-]=C(C)c1[c-]cc2cc3ccccc3cc2c1.C[C-]=C(C)c1[c-]cc2ccccc2c1.C[C-]=C(C)c1[c-]ccc2cc3ccccc3cc12.C[C-]=C(C)c1[c-]ccc2ccccc12.C[C-]=C(C)c1[c-]cccc1.[Y].[Y].[Y].[Y].[Y].[Y].[Y].[Y]. The molecule has 0 fully saturated rings. The van der Waals surface area contributed by atoms with E-state index in [4.69, 9.17) is 0 Å². The number of hydrogen-bond donors (Lipinski definition) is 0. The molecule has 0 nitrogen and oxygen atoms in total. The third-order valence-electron chi connectivity index (χ3n) is 23.5. The molecule has 0 N–H and O–H groups in total. The predicted molar refractivity (Wildman–Crippen MR) is 556 cm³/mol. The fourth-order valence-electron chi connectivity index (χ4n) is 15.1. The van der Waals surface area contributed by atoms with E-state index in [1.165, 1.54) is 129 Å². The predicted octanol–water partition coefficient (Wildman–Crippen LogP) is 35.5. The van der Waals surface area contributed by atoms with E-state index in [1.807, 2.05) is 123 Å². The summed E-state index contributed by atoms with van der Waals surface area (Å²) < 4.78 is 0. The topological polar surface area (TPSA) is 0 Å². The molecular formula is C128H104Y8-16. The monoisotopic (exact) mass is 2350 g/mol. The third kappa shape index (κ3) is 32.6. The van der Waals surface area contributed by atoms with E-state index in [9.17, 15) is 0 Å². The van der Waals surface area contributed by atoms with Crippen LogP contribution in [0.2, 0.25) is 0 Å². The zero-order valence-corrected chi connectivity index (χ0v) is 104. The van der Waals surface area contributed by atoms with Crippen molar-refractivity contribution in [2.24, 2.45) is 0 Å². The van der Waals surface area contributed by atoms with E-state index in [-0.39, 0.29) is 262 Å². The molecule has 0 spiro atoms. The first-order chi connectivity index (χ1) is 62.4. The van der Waals surface area contributed by atoms with Crippen LogP contribution in [-0.2, 0) is 262 Å². The summed E-state index contributed by atoms with van der Waals surface area (Å²) in [6, 6.07) is 145. The Morgan fingerprint density at radius 1 is 0.169 bits per heavy atom. The number of benzene rings is 20. The molecular weight excluding hydrogens is 2250 g/mol. The molecule has 0 aliphatic carbocycles. The first-order valence-electron chi connectivity index (χ1n) is 43.5. The van der Waals surface area contributed by atoms with Gasteiger partial charge >= 0.3 is 0 Å². The van der Waals surface area contributed by atoms with Gasteiger partial charge in [-0.15, -0.1) is 219 Å². The van der Waals surface area contributed by atoms with Gasteiger partial charge in [0.1, 0.15) is 0 Å². The fourth-order valence-corrected chi connectivity index (χ4v) is 15.1. The summed E-state index contributed by atoms with van der Waals surface area (Å²) in [4.78, 5) is 0. The van der Waals surface area contributed by atoms with E-state index in [0.717, 1.165) is 89.1 Å². The van der Waals surface area contributed by atoms with Gasteiger partial charge in [-0.3, -0.25) is 33.4 Å². The van der Waals surface area contributed by atoms with Gasteiger partial charge in [-0.25, -0.2) is 84.9 Å². The fraction of sp³-hybridized carbons (Fsp3) is 0.125. The maximum atomic E-state index is 3.47. The molecule has 0 saturated heterocycles. The summed E-state index contributed by atoms with van der Waals surface area (Å²) in [5, 5.41) is 30.1. The first-order valence-corrected chi connectivity index (χ1v) is 43.5. The maximum Gasteiger partial charge on any atom is 0 e. The maximum absolute atomic E-state index is 3.47. The third-order valence-corrected chi connectivity index (χ3v) is 23.5. The Morgan fingerprint density at radius 2 is 0.456 bits per heavy atom. The molecule has 136 heavy (non-hydrogen) atoms. The molecule has 0 amide bonds. The molecule has 0 unspecified atom stereocenters. The summed E-state index contributed by atoms with van der Waals surface area (Å²) in [6.07, 6.45) is 25.2. The largest absolute Gasteiger partial charge is 0.327 e. The average Bonchev–Trinajstić information content (AvgIpc) is 0.774. The van der Waals surface area contributed by atoms with Gasteiger partial charge in [-0.05, 0) is 60.6 Å². The Labute approximate surface area is 1010 Å². The molecule has 20 aromatic carbocycles. The van der Waals surface area contributed by atoms with Crippen molar-refractivity contribution in [3.8, 4) is 0 Å². The minimum Gasteiger partial charge on any atom is -0.327 e. The Hall–Kier alpha value is -5.73. The summed E-state index contributed by atoms with van der Waals surface area (Å²) in [5.74, 6) is 0. The summed E-state index contributed by atoms with van der Waals surface area (Å²) in [5.41, 5.74) is 18.3. The molecule has 20 aromatic rings. The quantitative estimate of drug-likeness (QED) is 0.105. The van der Waals surface area contributed by atoms with Gasteiger partial charge < -0.3 is 104 Å². The molecule has 8 radical (unpaired) electrons. The van der Waals surface area contributed by atoms with E-state index in [0.29, 0.717) is 0 Å². The molecule has 656 valence electrons. The standard InChI is InChI=1S/C22H16.3C18H14.3C14H12.C10H10.8Y/c1-3-15(2)16-8-9-19-13-21-11-17-6-4-5-7-18(17)12-22(21)14-20(19)10-16;1-3-13(2)17-10-6-9-16-11-14-7-4-5-8-15(14)12-18(16)17;2*1-3-13(2)14-8-9-17-11-15-6-4-5-7-16(15)12-18(17)10-14;1-3-11(2)13-10-6-8-12-7-4-5-9-14(12)13;2*1-3-11(2)13-9-8-12-6-4-5-7-14(12)10-13;1-3-9(2)10-7-5-4-6-8-10;;;;;;;;/h4-7,9-14H,1-2H3;4-9,11-12H,1-2H3;4-7,9-12H,1-2H3;4-9,11-12H,1-2H3;4-9H,1-2H3;4-8,10H,1-2H3;4-9H,1-2H3;4-7H,1-2H3;;;;;;;;/q8*-2;;;;;;;;.